The van der Waals surface area contributed by atoms with Crippen LogP contribution in [-0.2, 0) is 0 Å². The third kappa shape index (κ3) is 2.80. The first kappa shape index (κ1) is 10.1. The molecule has 72 valence electrons. The Morgan fingerprint density at radius 3 is 2.08 bits per heavy atom. The maximum Gasteiger partial charge on any atom is -0.0360 e. The predicted octanol–water partition coefficient (Wildman–Crippen LogP) is 4.10. The second-order valence-electron chi connectivity index (χ2n) is 4.99. The molecule has 2 unspecified atom stereocenters. The normalized spacial score (nSPS) is 22.8. The van der Waals surface area contributed by atoms with Crippen LogP contribution in [0.5, 0.6) is 0 Å². The Hall–Kier alpha value is 0. The fraction of sp³-hybridized carbons (Fsp3) is 1.00. The molecule has 1 aliphatic carbocycles. The zero-order chi connectivity index (χ0) is 9.14. The van der Waals surface area contributed by atoms with Gasteiger partial charge in [-0.05, 0) is 42.9 Å². The Bertz CT molecular complexity index is 120. The summed E-state index contributed by atoms with van der Waals surface area (Å²) in [6, 6.07) is 0. The fourth-order valence-electron chi connectivity index (χ4n) is 2.16. The van der Waals surface area contributed by atoms with Gasteiger partial charge in [0, 0.05) is 0 Å². The zero-order valence-electron chi connectivity index (χ0n) is 9.14. The molecule has 1 aliphatic rings. The van der Waals surface area contributed by atoms with E-state index in [2.05, 4.69) is 27.7 Å². The summed E-state index contributed by atoms with van der Waals surface area (Å²) < 4.78 is 0. The highest BCUT2D eigenvalue weighted by Gasteiger charge is 2.33. The van der Waals surface area contributed by atoms with Crippen molar-refractivity contribution in [2.45, 2.75) is 53.4 Å². The summed E-state index contributed by atoms with van der Waals surface area (Å²) in [4.78, 5) is 0. The van der Waals surface area contributed by atoms with E-state index in [1.807, 2.05) is 0 Å². The molecule has 0 heteroatoms. The Labute approximate surface area is 77.7 Å². The lowest BCUT2D eigenvalue weighted by Gasteiger charge is -2.23. The van der Waals surface area contributed by atoms with Crippen LogP contribution in [0.25, 0.3) is 0 Å². The summed E-state index contributed by atoms with van der Waals surface area (Å²) in [6.07, 6.45) is 5.85. The van der Waals surface area contributed by atoms with Crippen LogP contribution >= 0.6 is 0 Å². The average molecular weight is 168 g/mol. The molecule has 0 amide bonds. The van der Waals surface area contributed by atoms with E-state index in [1.165, 1.54) is 25.7 Å². The summed E-state index contributed by atoms with van der Waals surface area (Å²) in [5.41, 5.74) is 0. The molecule has 0 nitrogen and oxygen atoms in total. The van der Waals surface area contributed by atoms with Gasteiger partial charge in [-0.2, -0.15) is 0 Å². The molecule has 1 saturated carbocycles. The first-order valence-electron chi connectivity index (χ1n) is 5.65. The van der Waals surface area contributed by atoms with Crippen molar-refractivity contribution in [2.24, 2.45) is 23.7 Å². The van der Waals surface area contributed by atoms with E-state index in [9.17, 15) is 0 Å². The Balaban J connectivity index is 2.32. The SMILES string of the molecule is CCC(C)CC(C(C)C)C1CC1. The molecular weight excluding hydrogens is 144 g/mol. The number of rotatable bonds is 5. The first-order valence-corrected chi connectivity index (χ1v) is 5.65. The minimum Gasteiger partial charge on any atom is -0.0651 e. The van der Waals surface area contributed by atoms with Crippen molar-refractivity contribution in [3.05, 3.63) is 0 Å². The third-order valence-electron chi connectivity index (χ3n) is 3.46. The van der Waals surface area contributed by atoms with Crippen LogP contribution in [0, 0.1) is 23.7 Å². The van der Waals surface area contributed by atoms with E-state index in [0.717, 1.165) is 23.7 Å². The van der Waals surface area contributed by atoms with E-state index < -0.39 is 0 Å². The van der Waals surface area contributed by atoms with Gasteiger partial charge in [-0.15, -0.1) is 0 Å². The summed E-state index contributed by atoms with van der Waals surface area (Å²) in [7, 11) is 0. The van der Waals surface area contributed by atoms with Gasteiger partial charge in [0.25, 0.3) is 0 Å². The zero-order valence-corrected chi connectivity index (χ0v) is 9.14. The fourth-order valence-corrected chi connectivity index (χ4v) is 2.16. The maximum absolute atomic E-state index is 2.40. The molecule has 0 aliphatic heterocycles. The van der Waals surface area contributed by atoms with Gasteiger partial charge in [0.2, 0.25) is 0 Å². The lowest BCUT2D eigenvalue weighted by Crippen LogP contribution is -2.14. The van der Waals surface area contributed by atoms with Gasteiger partial charge in [-0.1, -0.05) is 34.1 Å². The lowest BCUT2D eigenvalue weighted by atomic mass is 9.83. The molecule has 1 rings (SSSR count). The first-order chi connectivity index (χ1) is 5.65. The highest BCUT2D eigenvalue weighted by atomic mass is 14.4. The van der Waals surface area contributed by atoms with Crippen LogP contribution in [-0.4, -0.2) is 0 Å². The second-order valence-corrected chi connectivity index (χ2v) is 4.99. The van der Waals surface area contributed by atoms with E-state index in [4.69, 9.17) is 0 Å². The molecule has 0 saturated heterocycles. The van der Waals surface area contributed by atoms with E-state index in [-0.39, 0.29) is 0 Å². The van der Waals surface area contributed by atoms with E-state index in [0.29, 0.717) is 0 Å². The van der Waals surface area contributed by atoms with Crippen LogP contribution in [0.3, 0.4) is 0 Å². The molecule has 2 atom stereocenters. The van der Waals surface area contributed by atoms with Crippen molar-refractivity contribution in [1.29, 1.82) is 0 Å². The summed E-state index contributed by atoms with van der Waals surface area (Å²) in [5, 5.41) is 0. The van der Waals surface area contributed by atoms with Gasteiger partial charge >= 0.3 is 0 Å². The maximum atomic E-state index is 2.40. The monoisotopic (exact) mass is 168 g/mol. The molecule has 0 aromatic carbocycles. The molecule has 0 radical (unpaired) electrons. The molecule has 0 heterocycles. The Kier molecular flexibility index (Phi) is 3.61. The highest BCUT2D eigenvalue weighted by Crippen LogP contribution is 2.43. The molecule has 0 aromatic rings. The van der Waals surface area contributed by atoms with Crippen LogP contribution < -0.4 is 0 Å². The second kappa shape index (κ2) is 4.30. The highest BCUT2D eigenvalue weighted by molar-refractivity contribution is 4.83. The van der Waals surface area contributed by atoms with Crippen molar-refractivity contribution < 1.29 is 0 Å². The molecule has 1 fully saturated rings. The molecule has 0 spiro atoms. The van der Waals surface area contributed by atoms with Gasteiger partial charge < -0.3 is 0 Å². The Morgan fingerprint density at radius 1 is 1.17 bits per heavy atom. The van der Waals surface area contributed by atoms with Gasteiger partial charge in [-0.3, -0.25) is 0 Å². The van der Waals surface area contributed by atoms with Crippen molar-refractivity contribution >= 4 is 0 Å². The predicted molar refractivity (Wildman–Crippen MR) is 55.1 cm³/mol. The van der Waals surface area contributed by atoms with Crippen LogP contribution in [0.2, 0.25) is 0 Å². The van der Waals surface area contributed by atoms with Gasteiger partial charge in [-0.25, -0.2) is 0 Å². The Morgan fingerprint density at radius 2 is 1.75 bits per heavy atom. The van der Waals surface area contributed by atoms with Gasteiger partial charge in [0.15, 0.2) is 0 Å². The van der Waals surface area contributed by atoms with Crippen molar-refractivity contribution in [2.75, 3.05) is 0 Å². The summed E-state index contributed by atoms with van der Waals surface area (Å²) >= 11 is 0. The van der Waals surface area contributed by atoms with Crippen LogP contribution in [0.4, 0.5) is 0 Å². The summed E-state index contributed by atoms with van der Waals surface area (Å²) in [6.45, 7) is 9.50. The number of hydrogen-bond acceptors (Lipinski definition) is 0. The lowest BCUT2D eigenvalue weighted by molar-refractivity contribution is 0.270. The molecular formula is C12H24. The van der Waals surface area contributed by atoms with Crippen molar-refractivity contribution in [3.63, 3.8) is 0 Å². The van der Waals surface area contributed by atoms with E-state index in [1.54, 1.807) is 0 Å². The standard InChI is InChI=1S/C12H24/c1-5-10(4)8-12(9(2)3)11-6-7-11/h9-12H,5-8H2,1-4H3. The largest absolute Gasteiger partial charge is 0.0651 e. The van der Waals surface area contributed by atoms with Gasteiger partial charge in [0.05, 0.1) is 0 Å². The number of hydrogen-bond donors (Lipinski definition) is 0. The summed E-state index contributed by atoms with van der Waals surface area (Å²) in [5.74, 6) is 3.98. The van der Waals surface area contributed by atoms with Crippen LogP contribution in [0.1, 0.15) is 53.4 Å². The molecule has 0 aromatic heterocycles. The average Bonchev–Trinajstić information content (AvgIpc) is 2.81. The van der Waals surface area contributed by atoms with Crippen molar-refractivity contribution in [1.82, 2.24) is 0 Å². The van der Waals surface area contributed by atoms with Crippen LogP contribution in [0.15, 0.2) is 0 Å². The molecule has 0 bridgehead atoms. The minimum atomic E-state index is 0.909. The molecule has 0 N–H and O–H groups in total. The van der Waals surface area contributed by atoms with Gasteiger partial charge in [0.1, 0.15) is 0 Å². The molecule has 12 heavy (non-hydrogen) atoms. The van der Waals surface area contributed by atoms with E-state index >= 15 is 0 Å². The topological polar surface area (TPSA) is 0 Å². The van der Waals surface area contributed by atoms with Crippen molar-refractivity contribution in [3.8, 4) is 0 Å². The minimum absolute atomic E-state index is 0.909. The smallest absolute Gasteiger partial charge is 0.0360 e. The third-order valence-corrected chi connectivity index (χ3v) is 3.46. The quantitative estimate of drug-likeness (QED) is 0.579.